The molecule has 0 saturated heterocycles. The zero-order valence-corrected chi connectivity index (χ0v) is 13.3. The molecule has 6 nitrogen and oxygen atoms in total. The average Bonchev–Trinajstić information content (AvgIpc) is 3.06. The summed E-state index contributed by atoms with van der Waals surface area (Å²) in [7, 11) is 0. The lowest BCUT2D eigenvalue weighted by molar-refractivity contribution is -0.124. The molecular formula is C16H14FN3O3S. The maximum absolute atomic E-state index is 13.5. The average molecular weight is 347 g/mol. The fourth-order valence-corrected chi connectivity index (χ4v) is 2.35. The number of carbonyl (C=O) groups is 2. The van der Waals surface area contributed by atoms with E-state index in [1.165, 1.54) is 23.6 Å². The van der Waals surface area contributed by atoms with Gasteiger partial charge in [-0.3, -0.25) is 14.9 Å². The third-order valence-corrected chi connectivity index (χ3v) is 3.73. The Morgan fingerprint density at radius 1 is 1.42 bits per heavy atom. The molecule has 0 spiro atoms. The molecule has 0 fully saturated rings. The zero-order chi connectivity index (χ0) is 17.7. The van der Waals surface area contributed by atoms with Gasteiger partial charge in [-0.25, -0.2) is 9.37 Å². The van der Waals surface area contributed by atoms with Gasteiger partial charge in [0.1, 0.15) is 17.6 Å². The third-order valence-electron chi connectivity index (χ3n) is 3.04. The molecule has 0 aliphatic carbocycles. The van der Waals surface area contributed by atoms with Gasteiger partial charge in [0, 0.05) is 22.7 Å². The summed E-state index contributed by atoms with van der Waals surface area (Å²) in [6.45, 7) is 6.91. The van der Waals surface area contributed by atoms with Crippen LogP contribution >= 0.6 is 11.3 Å². The highest BCUT2D eigenvalue weighted by Gasteiger charge is 2.27. The number of thiazole rings is 1. The van der Waals surface area contributed by atoms with Crippen molar-refractivity contribution in [2.24, 2.45) is 0 Å². The number of aromatic hydroxyl groups is 1. The minimum Gasteiger partial charge on any atom is -0.508 e. The largest absolute Gasteiger partial charge is 0.508 e. The highest BCUT2D eigenvalue weighted by molar-refractivity contribution is 7.13. The number of amides is 2. The van der Waals surface area contributed by atoms with Crippen molar-refractivity contribution in [2.75, 3.05) is 5.32 Å². The summed E-state index contributed by atoms with van der Waals surface area (Å²) in [6.07, 6.45) is 2.71. The number of phenols is 1. The van der Waals surface area contributed by atoms with Crippen LogP contribution in [0.1, 0.15) is 11.6 Å². The Bertz CT molecular complexity index is 790. The SMILES string of the molecule is C=CC(=C)C(=O)NC(C(=O)Nc1nccs1)c1cc(F)ccc1O. The molecule has 1 aromatic heterocycles. The molecule has 1 aromatic carbocycles. The minimum absolute atomic E-state index is 0.0259. The number of aromatic nitrogens is 1. The van der Waals surface area contributed by atoms with Crippen LogP contribution in [0.15, 0.2) is 54.6 Å². The third kappa shape index (κ3) is 4.05. The van der Waals surface area contributed by atoms with Crippen molar-refractivity contribution in [1.29, 1.82) is 0 Å². The van der Waals surface area contributed by atoms with E-state index in [4.69, 9.17) is 0 Å². The van der Waals surface area contributed by atoms with Crippen molar-refractivity contribution in [3.8, 4) is 5.75 Å². The lowest BCUT2D eigenvalue weighted by Gasteiger charge is -2.19. The Hall–Kier alpha value is -3.00. The first kappa shape index (κ1) is 17.4. The number of phenolic OH excluding ortho intramolecular Hbond substituents is 1. The predicted molar refractivity (Wildman–Crippen MR) is 89.0 cm³/mol. The normalized spacial score (nSPS) is 11.4. The van der Waals surface area contributed by atoms with Crippen LogP contribution in [0, 0.1) is 5.82 Å². The molecule has 1 heterocycles. The first-order valence-electron chi connectivity index (χ1n) is 6.73. The Labute approximate surface area is 141 Å². The van der Waals surface area contributed by atoms with Crippen molar-refractivity contribution >= 4 is 28.3 Å². The molecule has 2 aromatic rings. The fraction of sp³-hybridized carbons (Fsp3) is 0.0625. The molecule has 124 valence electrons. The number of nitrogens with zero attached hydrogens (tertiary/aromatic N) is 1. The van der Waals surface area contributed by atoms with E-state index in [1.807, 2.05) is 0 Å². The second kappa shape index (κ2) is 7.51. The second-order valence-electron chi connectivity index (χ2n) is 4.67. The van der Waals surface area contributed by atoms with Gasteiger partial charge in [-0.15, -0.1) is 11.3 Å². The maximum atomic E-state index is 13.5. The fourth-order valence-electron chi connectivity index (χ4n) is 1.82. The first-order valence-corrected chi connectivity index (χ1v) is 7.61. The van der Waals surface area contributed by atoms with E-state index in [0.29, 0.717) is 5.13 Å². The molecule has 2 amide bonds. The van der Waals surface area contributed by atoms with Gasteiger partial charge in [0.05, 0.1) is 0 Å². The van der Waals surface area contributed by atoms with Gasteiger partial charge in [0.15, 0.2) is 5.13 Å². The number of anilines is 1. The van der Waals surface area contributed by atoms with Gasteiger partial charge in [-0.2, -0.15) is 0 Å². The van der Waals surface area contributed by atoms with Gasteiger partial charge >= 0.3 is 0 Å². The van der Waals surface area contributed by atoms with Gasteiger partial charge in [-0.05, 0) is 18.2 Å². The van der Waals surface area contributed by atoms with Crippen LogP contribution in [0.2, 0.25) is 0 Å². The predicted octanol–water partition coefficient (Wildman–Crippen LogP) is 2.53. The molecule has 1 atom stereocenters. The minimum atomic E-state index is -1.34. The zero-order valence-electron chi connectivity index (χ0n) is 12.5. The number of carbonyl (C=O) groups excluding carboxylic acids is 2. The molecule has 1 unspecified atom stereocenters. The van der Waals surface area contributed by atoms with Crippen LogP contribution < -0.4 is 10.6 Å². The Kier molecular flexibility index (Phi) is 5.43. The van der Waals surface area contributed by atoms with E-state index >= 15 is 0 Å². The lowest BCUT2D eigenvalue weighted by atomic mass is 10.0. The van der Waals surface area contributed by atoms with E-state index in [-0.39, 0.29) is 16.9 Å². The first-order chi connectivity index (χ1) is 11.4. The Balaban J connectivity index is 2.34. The molecule has 3 N–H and O–H groups in total. The smallest absolute Gasteiger partial charge is 0.253 e. The molecule has 2 rings (SSSR count). The van der Waals surface area contributed by atoms with Gasteiger partial charge < -0.3 is 10.4 Å². The Morgan fingerprint density at radius 3 is 2.79 bits per heavy atom. The van der Waals surface area contributed by atoms with Gasteiger partial charge in [-0.1, -0.05) is 19.2 Å². The standard InChI is InChI=1S/C16H14FN3O3S/c1-3-9(2)14(22)19-13(11-8-10(17)4-5-12(11)21)15(23)20-16-18-6-7-24-16/h3-8,13,21H,1-2H2,(H,19,22)(H,18,20,23). The van der Waals surface area contributed by atoms with Crippen LogP contribution in [0.25, 0.3) is 0 Å². The topological polar surface area (TPSA) is 91.3 Å². The lowest BCUT2D eigenvalue weighted by Crippen LogP contribution is -2.37. The number of rotatable bonds is 6. The highest BCUT2D eigenvalue weighted by atomic mass is 32.1. The number of hydrogen-bond acceptors (Lipinski definition) is 5. The molecule has 8 heteroatoms. The van der Waals surface area contributed by atoms with Crippen LogP contribution in [0.4, 0.5) is 9.52 Å². The van der Waals surface area contributed by atoms with Crippen LogP contribution in [0.3, 0.4) is 0 Å². The van der Waals surface area contributed by atoms with Crippen LogP contribution in [-0.2, 0) is 9.59 Å². The highest BCUT2D eigenvalue weighted by Crippen LogP contribution is 2.27. The molecule has 0 bridgehead atoms. The molecular weight excluding hydrogens is 333 g/mol. The Morgan fingerprint density at radius 2 is 2.17 bits per heavy atom. The van der Waals surface area contributed by atoms with E-state index in [0.717, 1.165) is 18.2 Å². The van der Waals surface area contributed by atoms with Crippen molar-refractivity contribution < 1.29 is 19.1 Å². The summed E-state index contributed by atoms with van der Waals surface area (Å²) in [5.41, 5.74) is -0.0628. The molecule has 24 heavy (non-hydrogen) atoms. The number of nitrogens with one attached hydrogen (secondary N) is 2. The van der Waals surface area contributed by atoms with E-state index in [1.54, 1.807) is 5.38 Å². The van der Waals surface area contributed by atoms with Crippen molar-refractivity contribution in [3.63, 3.8) is 0 Å². The monoisotopic (exact) mass is 347 g/mol. The molecule has 0 saturated carbocycles. The van der Waals surface area contributed by atoms with Crippen molar-refractivity contribution in [1.82, 2.24) is 10.3 Å². The van der Waals surface area contributed by atoms with Gasteiger partial charge in [0.25, 0.3) is 11.8 Å². The summed E-state index contributed by atoms with van der Waals surface area (Å²) < 4.78 is 13.5. The number of halogens is 1. The summed E-state index contributed by atoms with van der Waals surface area (Å²) in [4.78, 5) is 28.4. The van der Waals surface area contributed by atoms with E-state index < -0.39 is 23.7 Å². The molecule has 0 aliphatic rings. The number of hydrogen-bond donors (Lipinski definition) is 3. The number of benzene rings is 1. The van der Waals surface area contributed by atoms with Gasteiger partial charge in [0.2, 0.25) is 0 Å². The quantitative estimate of drug-likeness (QED) is 0.553. The summed E-state index contributed by atoms with van der Waals surface area (Å²) in [5.74, 6) is -2.35. The summed E-state index contributed by atoms with van der Waals surface area (Å²) >= 11 is 1.17. The summed E-state index contributed by atoms with van der Waals surface area (Å²) in [5, 5.41) is 16.8. The van der Waals surface area contributed by atoms with Crippen molar-refractivity contribution in [3.05, 3.63) is 66.0 Å². The van der Waals surface area contributed by atoms with E-state index in [9.17, 15) is 19.1 Å². The van der Waals surface area contributed by atoms with Crippen molar-refractivity contribution in [2.45, 2.75) is 6.04 Å². The summed E-state index contributed by atoms with van der Waals surface area (Å²) in [6, 6.07) is 1.77. The van der Waals surface area contributed by atoms with Crippen LogP contribution in [-0.4, -0.2) is 21.9 Å². The maximum Gasteiger partial charge on any atom is 0.253 e. The molecule has 0 aliphatic heterocycles. The van der Waals surface area contributed by atoms with E-state index in [2.05, 4.69) is 28.8 Å². The van der Waals surface area contributed by atoms with Crippen LogP contribution in [0.5, 0.6) is 5.75 Å². The molecule has 0 radical (unpaired) electrons. The second-order valence-corrected chi connectivity index (χ2v) is 5.56.